The van der Waals surface area contributed by atoms with Gasteiger partial charge in [-0.2, -0.15) is 0 Å². The Balaban J connectivity index is 2.81. The SMILES string of the molecule is C=CCCC(NC(=O)c1ncc(Br)cc1Br)C(=O)O. The maximum Gasteiger partial charge on any atom is 0.326 e. The molecule has 7 heteroatoms. The number of pyridine rings is 1. The highest BCUT2D eigenvalue weighted by molar-refractivity contribution is 9.11. The number of carbonyl (C=O) groups excluding carboxylic acids is 1. The number of carboxylic acids is 1. The predicted octanol–water partition coefficient (Wildman–Crippen LogP) is 2.76. The van der Waals surface area contributed by atoms with E-state index in [1.165, 1.54) is 6.20 Å². The van der Waals surface area contributed by atoms with Gasteiger partial charge in [0, 0.05) is 10.7 Å². The van der Waals surface area contributed by atoms with Gasteiger partial charge in [0.15, 0.2) is 0 Å². The number of aliphatic carboxylic acids is 1. The van der Waals surface area contributed by atoms with Gasteiger partial charge in [-0.1, -0.05) is 6.08 Å². The van der Waals surface area contributed by atoms with Gasteiger partial charge < -0.3 is 10.4 Å². The minimum Gasteiger partial charge on any atom is -0.480 e. The minimum atomic E-state index is -1.08. The average molecular weight is 392 g/mol. The lowest BCUT2D eigenvalue weighted by molar-refractivity contribution is -0.139. The van der Waals surface area contributed by atoms with Crippen LogP contribution in [-0.4, -0.2) is 28.0 Å². The van der Waals surface area contributed by atoms with Gasteiger partial charge in [-0.3, -0.25) is 4.79 Å². The van der Waals surface area contributed by atoms with E-state index in [4.69, 9.17) is 5.11 Å². The Hall–Kier alpha value is -1.21. The first-order valence-corrected chi connectivity index (χ1v) is 7.00. The molecule has 0 saturated carbocycles. The third kappa shape index (κ3) is 4.76. The van der Waals surface area contributed by atoms with Crippen molar-refractivity contribution in [2.45, 2.75) is 18.9 Å². The van der Waals surface area contributed by atoms with E-state index in [0.29, 0.717) is 17.3 Å². The number of halogens is 2. The molecule has 1 amide bonds. The van der Waals surface area contributed by atoms with Crippen LogP contribution < -0.4 is 5.32 Å². The van der Waals surface area contributed by atoms with E-state index in [-0.39, 0.29) is 5.69 Å². The van der Waals surface area contributed by atoms with Crippen molar-refractivity contribution in [3.8, 4) is 0 Å². The van der Waals surface area contributed by atoms with E-state index in [0.717, 1.165) is 4.47 Å². The summed E-state index contributed by atoms with van der Waals surface area (Å²) < 4.78 is 1.21. The zero-order chi connectivity index (χ0) is 14.4. The lowest BCUT2D eigenvalue weighted by Crippen LogP contribution is -2.41. The summed E-state index contributed by atoms with van der Waals surface area (Å²) in [6.07, 6.45) is 3.87. The second-order valence-corrected chi connectivity index (χ2v) is 5.48. The van der Waals surface area contributed by atoms with Crippen LogP contribution in [0, 0.1) is 0 Å². The molecule has 0 saturated heterocycles. The summed E-state index contributed by atoms with van der Waals surface area (Å²) in [6.45, 7) is 3.52. The van der Waals surface area contributed by atoms with Crippen LogP contribution in [0.15, 0.2) is 33.9 Å². The van der Waals surface area contributed by atoms with Crippen LogP contribution in [-0.2, 0) is 4.79 Å². The van der Waals surface area contributed by atoms with Gasteiger partial charge in [0.2, 0.25) is 0 Å². The van der Waals surface area contributed by atoms with E-state index in [1.807, 2.05) is 0 Å². The molecule has 0 spiro atoms. The molecule has 1 unspecified atom stereocenters. The number of carboxylic acid groups (broad SMARTS) is 1. The molecule has 1 rings (SSSR count). The van der Waals surface area contributed by atoms with Gasteiger partial charge in [-0.25, -0.2) is 9.78 Å². The van der Waals surface area contributed by atoms with Crippen LogP contribution in [0.1, 0.15) is 23.3 Å². The van der Waals surface area contributed by atoms with Crippen LogP contribution in [0.2, 0.25) is 0 Å². The van der Waals surface area contributed by atoms with Crippen LogP contribution in [0.4, 0.5) is 0 Å². The normalized spacial score (nSPS) is 11.7. The maximum absolute atomic E-state index is 11.9. The number of amides is 1. The number of carbonyl (C=O) groups is 2. The number of allylic oxidation sites excluding steroid dienone is 1. The summed E-state index contributed by atoms with van der Waals surface area (Å²) in [7, 11) is 0. The number of hydrogen-bond donors (Lipinski definition) is 2. The molecule has 5 nitrogen and oxygen atoms in total. The van der Waals surface area contributed by atoms with E-state index < -0.39 is 17.9 Å². The fraction of sp³-hybridized carbons (Fsp3) is 0.250. The Kier molecular flexibility index (Phi) is 6.17. The highest BCUT2D eigenvalue weighted by atomic mass is 79.9. The van der Waals surface area contributed by atoms with Crippen LogP contribution in [0.5, 0.6) is 0 Å². The molecule has 1 aromatic heterocycles. The van der Waals surface area contributed by atoms with Crippen molar-refractivity contribution in [3.63, 3.8) is 0 Å². The highest BCUT2D eigenvalue weighted by Gasteiger charge is 2.21. The maximum atomic E-state index is 11.9. The lowest BCUT2D eigenvalue weighted by atomic mass is 10.1. The van der Waals surface area contributed by atoms with Gasteiger partial charge in [-0.05, 0) is 50.8 Å². The Morgan fingerprint density at radius 1 is 1.53 bits per heavy atom. The fourth-order valence-electron chi connectivity index (χ4n) is 1.35. The molecule has 0 fully saturated rings. The van der Waals surface area contributed by atoms with Crippen molar-refractivity contribution in [2.75, 3.05) is 0 Å². The molecule has 102 valence electrons. The van der Waals surface area contributed by atoms with Crippen molar-refractivity contribution in [1.82, 2.24) is 10.3 Å². The molecule has 0 bridgehead atoms. The predicted molar refractivity (Wildman–Crippen MR) is 78.0 cm³/mol. The van der Waals surface area contributed by atoms with Gasteiger partial charge in [-0.15, -0.1) is 6.58 Å². The summed E-state index contributed by atoms with van der Waals surface area (Å²) in [4.78, 5) is 26.9. The van der Waals surface area contributed by atoms with Gasteiger partial charge in [0.05, 0.1) is 4.47 Å². The molecule has 0 aliphatic carbocycles. The largest absolute Gasteiger partial charge is 0.480 e. The lowest BCUT2D eigenvalue weighted by Gasteiger charge is -2.13. The molecule has 1 atom stereocenters. The molecule has 0 aromatic carbocycles. The first-order chi connectivity index (χ1) is 8.95. The van der Waals surface area contributed by atoms with E-state index in [2.05, 4.69) is 48.7 Å². The summed E-state index contributed by atoms with van der Waals surface area (Å²) >= 11 is 6.43. The third-order valence-electron chi connectivity index (χ3n) is 2.29. The molecule has 0 radical (unpaired) electrons. The number of rotatable bonds is 6. The highest BCUT2D eigenvalue weighted by Crippen LogP contribution is 2.19. The Bertz CT molecular complexity index is 506. The van der Waals surface area contributed by atoms with E-state index in [9.17, 15) is 9.59 Å². The van der Waals surface area contributed by atoms with E-state index >= 15 is 0 Å². The molecular formula is C12H12Br2N2O3. The Labute approximate surface area is 127 Å². The second-order valence-electron chi connectivity index (χ2n) is 3.71. The molecule has 0 aliphatic heterocycles. The van der Waals surface area contributed by atoms with Gasteiger partial charge >= 0.3 is 5.97 Å². The first kappa shape index (κ1) is 15.8. The number of nitrogens with zero attached hydrogens (tertiary/aromatic N) is 1. The zero-order valence-corrected chi connectivity index (χ0v) is 13.1. The van der Waals surface area contributed by atoms with Gasteiger partial charge in [0.25, 0.3) is 5.91 Å². The monoisotopic (exact) mass is 390 g/mol. The molecule has 0 aliphatic rings. The summed E-state index contributed by atoms with van der Waals surface area (Å²) in [5.74, 6) is -1.61. The topological polar surface area (TPSA) is 79.3 Å². The first-order valence-electron chi connectivity index (χ1n) is 5.41. The molecular weight excluding hydrogens is 380 g/mol. The third-order valence-corrected chi connectivity index (χ3v) is 3.32. The van der Waals surface area contributed by atoms with Crippen LogP contribution >= 0.6 is 31.9 Å². The fourth-order valence-corrected chi connectivity index (χ4v) is 2.52. The van der Waals surface area contributed by atoms with Crippen molar-refractivity contribution < 1.29 is 14.7 Å². The molecule has 1 aromatic rings. The Morgan fingerprint density at radius 2 is 2.21 bits per heavy atom. The average Bonchev–Trinajstić information content (AvgIpc) is 2.33. The standard InChI is InChI=1S/C12H12Br2N2O3/c1-2-3-4-9(12(18)19)16-11(17)10-8(14)5-7(13)6-15-10/h2,5-6,9H,1,3-4H2,(H,16,17)(H,18,19). The van der Waals surface area contributed by atoms with Crippen LogP contribution in [0.3, 0.4) is 0 Å². The second kappa shape index (κ2) is 7.40. The molecule has 2 N–H and O–H groups in total. The quantitative estimate of drug-likeness (QED) is 0.730. The van der Waals surface area contributed by atoms with Crippen LogP contribution in [0.25, 0.3) is 0 Å². The Morgan fingerprint density at radius 3 is 2.74 bits per heavy atom. The zero-order valence-electron chi connectivity index (χ0n) is 9.90. The molecule has 1 heterocycles. The van der Waals surface area contributed by atoms with Crippen molar-refractivity contribution in [3.05, 3.63) is 39.6 Å². The van der Waals surface area contributed by atoms with Gasteiger partial charge in [0.1, 0.15) is 11.7 Å². The summed E-state index contributed by atoms with van der Waals surface area (Å²) in [6, 6.07) is 0.712. The smallest absolute Gasteiger partial charge is 0.326 e. The summed E-state index contributed by atoms with van der Waals surface area (Å²) in [5.41, 5.74) is 0.146. The minimum absolute atomic E-state index is 0.146. The number of hydrogen-bond acceptors (Lipinski definition) is 3. The number of aromatic nitrogens is 1. The van der Waals surface area contributed by atoms with Crippen molar-refractivity contribution in [2.24, 2.45) is 0 Å². The number of nitrogens with one attached hydrogen (secondary N) is 1. The van der Waals surface area contributed by atoms with Crippen molar-refractivity contribution >= 4 is 43.7 Å². The summed E-state index contributed by atoms with van der Waals surface area (Å²) in [5, 5.41) is 11.5. The molecule has 19 heavy (non-hydrogen) atoms. The van der Waals surface area contributed by atoms with E-state index in [1.54, 1.807) is 12.1 Å². The van der Waals surface area contributed by atoms with Crippen molar-refractivity contribution in [1.29, 1.82) is 0 Å².